The molecule has 1 N–H and O–H groups in total. The summed E-state index contributed by atoms with van der Waals surface area (Å²) in [6, 6.07) is 0. The van der Waals surface area contributed by atoms with Crippen LogP contribution in [0.25, 0.3) is 0 Å². The molecule has 0 aliphatic carbocycles. The van der Waals surface area contributed by atoms with E-state index in [2.05, 4.69) is 33.0 Å². The molecule has 1 aromatic heterocycles. The second-order valence-corrected chi connectivity index (χ2v) is 5.02. The molecule has 88 valence electrons. The van der Waals surface area contributed by atoms with Crippen molar-refractivity contribution in [3.63, 3.8) is 0 Å². The van der Waals surface area contributed by atoms with Crippen LogP contribution >= 0.6 is 15.9 Å². The van der Waals surface area contributed by atoms with Crippen LogP contribution in [0.1, 0.15) is 28.5 Å². The van der Waals surface area contributed by atoms with Crippen molar-refractivity contribution < 1.29 is 9.90 Å². The second kappa shape index (κ2) is 4.18. The van der Waals surface area contributed by atoms with Gasteiger partial charge in [-0.15, -0.1) is 0 Å². The smallest absolute Gasteiger partial charge is 0.357 e. The molecule has 0 saturated carbocycles. The highest BCUT2D eigenvalue weighted by atomic mass is 79.9. The first-order valence-electron chi connectivity index (χ1n) is 5.15. The molecule has 1 atom stereocenters. The van der Waals surface area contributed by atoms with Gasteiger partial charge in [0.2, 0.25) is 0 Å². The molecule has 1 aliphatic rings. The fourth-order valence-corrected chi connectivity index (χ4v) is 3.08. The van der Waals surface area contributed by atoms with Crippen molar-refractivity contribution in [2.24, 2.45) is 7.05 Å². The Hall–Kier alpha value is -0.880. The number of likely N-dealkylation sites (N-methyl/N-ethyl adjacent to an activating group) is 1. The molecule has 0 aromatic carbocycles. The van der Waals surface area contributed by atoms with Crippen molar-refractivity contribution in [1.82, 2.24) is 14.7 Å². The summed E-state index contributed by atoms with van der Waals surface area (Å²) in [6.45, 7) is 2.00. The number of nitrogens with zero attached hydrogens (tertiary/aromatic N) is 3. The largest absolute Gasteiger partial charge is 0.476 e. The molecule has 0 spiro atoms. The minimum atomic E-state index is -0.986. The standard InChI is InChI=1S/C10H14BrN3O2/c1-13-4-3-6(5-13)9-7(11)8(10(15)16)12-14(9)2/h6H,3-5H2,1-2H3,(H,15,16). The Morgan fingerprint density at radius 3 is 2.69 bits per heavy atom. The van der Waals surface area contributed by atoms with Crippen LogP contribution in [-0.4, -0.2) is 45.9 Å². The fraction of sp³-hybridized carbons (Fsp3) is 0.600. The minimum Gasteiger partial charge on any atom is -0.476 e. The number of hydrogen-bond donors (Lipinski definition) is 1. The van der Waals surface area contributed by atoms with Crippen LogP contribution in [0.15, 0.2) is 4.47 Å². The normalized spacial score (nSPS) is 21.6. The van der Waals surface area contributed by atoms with Gasteiger partial charge < -0.3 is 10.0 Å². The van der Waals surface area contributed by atoms with E-state index in [9.17, 15) is 4.79 Å². The summed E-state index contributed by atoms with van der Waals surface area (Å²) < 4.78 is 2.31. The third-order valence-electron chi connectivity index (χ3n) is 3.01. The first-order chi connectivity index (χ1) is 7.50. The number of carbonyl (C=O) groups is 1. The van der Waals surface area contributed by atoms with Crippen LogP contribution in [0, 0.1) is 0 Å². The van der Waals surface area contributed by atoms with E-state index in [1.54, 1.807) is 11.7 Å². The molecular weight excluding hydrogens is 274 g/mol. The predicted octanol–water partition coefficient (Wildman–Crippen LogP) is 1.30. The lowest BCUT2D eigenvalue weighted by Crippen LogP contribution is -2.14. The van der Waals surface area contributed by atoms with Crippen molar-refractivity contribution in [2.75, 3.05) is 20.1 Å². The van der Waals surface area contributed by atoms with Gasteiger partial charge in [0.1, 0.15) is 0 Å². The molecule has 6 heteroatoms. The first kappa shape index (κ1) is 11.6. The Morgan fingerprint density at radius 2 is 2.25 bits per heavy atom. The molecule has 1 unspecified atom stereocenters. The molecule has 0 radical (unpaired) electrons. The van der Waals surface area contributed by atoms with Gasteiger partial charge in [0.15, 0.2) is 5.69 Å². The van der Waals surface area contributed by atoms with E-state index in [-0.39, 0.29) is 5.69 Å². The van der Waals surface area contributed by atoms with Gasteiger partial charge in [-0.1, -0.05) is 0 Å². The molecule has 0 bridgehead atoms. The van der Waals surface area contributed by atoms with Crippen LogP contribution in [0.2, 0.25) is 0 Å². The Labute approximate surface area is 102 Å². The first-order valence-corrected chi connectivity index (χ1v) is 5.94. The van der Waals surface area contributed by atoms with Gasteiger partial charge >= 0.3 is 5.97 Å². The van der Waals surface area contributed by atoms with Crippen molar-refractivity contribution in [3.05, 3.63) is 15.9 Å². The van der Waals surface area contributed by atoms with Crippen molar-refractivity contribution in [1.29, 1.82) is 0 Å². The lowest BCUT2D eigenvalue weighted by atomic mass is 10.0. The Balaban J connectivity index is 2.37. The molecule has 1 fully saturated rings. The molecule has 1 aliphatic heterocycles. The number of carboxylic acids is 1. The van der Waals surface area contributed by atoms with Gasteiger partial charge in [-0.05, 0) is 35.9 Å². The summed E-state index contributed by atoms with van der Waals surface area (Å²) >= 11 is 3.35. The highest BCUT2D eigenvalue weighted by Gasteiger charge is 2.29. The molecule has 2 heterocycles. The molecule has 0 amide bonds. The Bertz CT molecular complexity index is 430. The number of aromatic carboxylic acids is 1. The SMILES string of the molecule is CN1CCC(c2c(Br)c(C(=O)O)nn2C)C1. The Kier molecular flexibility index (Phi) is 3.03. The van der Waals surface area contributed by atoms with E-state index < -0.39 is 5.97 Å². The summed E-state index contributed by atoms with van der Waals surface area (Å²) in [5, 5.41) is 13.0. The van der Waals surface area contributed by atoms with Gasteiger partial charge in [0.05, 0.1) is 10.2 Å². The van der Waals surface area contributed by atoms with E-state index in [1.165, 1.54) is 0 Å². The number of carboxylic acid groups (broad SMARTS) is 1. The Morgan fingerprint density at radius 1 is 1.56 bits per heavy atom. The zero-order valence-corrected chi connectivity index (χ0v) is 10.9. The maximum absolute atomic E-state index is 11.0. The molecular formula is C10H14BrN3O2. The number of rotatable bonds is 2. The van der Waals surface area contributed by atoms with Crippen LogP contribution in [0.5, 0.6) is 0 Å². The zero-order chi connectivity index (χ0) is 11.9. The number of hydrogen-bond acceptors (Lipinski definition) is 3. The van der Waals surface area contributed by atoms with Crippen LogP contribution < -0.4 is 0 Å². The number of aryl methyl sites for hydroxylation is 1. The maximum atomic E-state index is 11.0. The summed E-state index contributed by atoms with van der Waals surface area (Å²) in [7, 11) is 3.87. The lowest BCUT2D eigenvalue weighted by Gasteiger charge is -2.11. The molecule has 5 nitrogen and oxygen atoms in total. The molecule has 1 aromatic rings. The second-order valence-electron chi connectivity index (χ2n) is 4.22. The van der Waals surface area contributed by atoms with Gasteiger partial charge in [0, 0.05) is 19.5 Å². The van der Waals surface area contributed by atoms with Crippen LogP contribution in [0.3, 0.4) is 0 Å². The average molecular weight is 288 g/mol. The van der Waals surface area contributed by atoms with Gasteiger partial charge in [-0.2, -0.15) is 5.10 Å². The number of aromatic nitrogens is 2. The van der Waals surface area contributed by atoms with E-state index >= 15 is 0 Å². The highest BCUT2D eigenvalue weighted by Crippen LogP contribution is 2.33. The quantitative estimate of drug-likeness (QED) is 0.891. The number of likely N-dealkylation sites (tertiary alicyclic amines) is 1. The van der Waals surface area contributed by atoms with Gasteiger partial charge in [-0.3, -0.25) is 4.68 Å². The van der Waals surface area contributed by atoms with Crippen molar-refractivity contribution in [2.45, 2.75) is 12.3 Å². The fourth-order valence-electron chi connectivity index (χ4n) is 2.25. The van der Waals surface area contributed by atoms with Crippen LogP contribution in [0.4, 0.5) is 0 Å². The molecule has 16 heavy (non-hydrogen) atoms. The minimum absolute atomic E-state index is 0.104. The third kappa shape index (κ3) is 1.87. The molecule has 1 saturated heterocycles. The summed E-state index contributed by atoms with van der Waals surface area (Å²) in [4.78, 5) is 13.2. The predicted molar refractivity (Wildman–Crippen MR) is 62.7 cm³/mol. The third-order valence-corrected chi connectivity index (χ3v) is 3.79. The summed E-state index contributed by atoms with van der Waals surface area (Å²) in [5.41, 5.74) is 1.09. The van der Waals surface area contributed by atoms with Crippen LogP contribution in [-0.2, 0) is 7.05 Å². The van der Waals surface area contributed by atoms with E-state index in [1.807, 2.05) is 0 Å². The van der Waals surface area contributed by atoms with E-state index in [0.717, 1.165) is 25.2 Å². The van der Waals surface area contributed by atoms with E-state index in [0.29, 0.717) is 10.4 Å². The van der Waals surface area contributed by atoms with Crippen molar-refractivity contribution in [3.8, 4) is 0 Å². The monoisotopic (exact) mass is 287 g/mol. The number of halogens is 1. The lowest BCUT2D eigenvalue weighted by molar-refractivity contribution is 0.0688. The van der Waals surface area contributed by atoms with Gasteiger partial charge in [-0.25, -0.2) is 4.79 Å². The topological polar surface area (TPSA) is 58.4 Å². The highest BCUT2D eigenvalue weighted by molar-refractivity contribution is 9.10. The summed E-state index contributed by atoms with van der Waals surface area (Å²) in [6.07, 6.45) is 1.05. The van der Waals surface area contributed by atoms with Gasteiger partial charge in [0.25, 0.3) is 0 Å². The average Bonchev–Trinajstić information content (AvgIpc) is 2.71. The zero-order valence-electron chi connectivity index (χ0n) is 9.27. The van der Waals surface area contributed by atoms with Crippen molar-refractivity contribution >= 4 is 21.9 Å². The maximum Gasteiger partial charge on any atom is 0.357 e. The molecule has 2 rings (SSSR count). The van der Waals surface area contributed by atoms with E-state index in [4.69, 9.17) is 5.11 Å². The summed E-state index contributed by atoms with van der Waals surface area (Å²) in [5.74, 6) is -0.620.